The Morgan fingerprint density at radius 1 is 1.36 bits per heavy atom. The summed E-state index contributed by atoms with van der Waals surface area (Å²) in [6, 6.07) is 7.97. The minimum atomic E-state index is -0.515. The molecule has 25 heavy (non-hydrogen) atoms. The summed E-state index contributed by atoms with van der Waals surface area (Å²) in [5, 5.41) is 4.69. The van der Waals surface area contributed by atoms with Gasteiger partial charge in [-0.15, -0.1) is 11.3 Å². The number of aromatic nitrogens is 2. The molecule has 0 aliphatic rings. The molecule has 0 atom stereocenters. The summed E-state index contributed by atoms with van der Waals surface area (Å²) in [6.45, 7) is 1.74. The molecule has 0 bridgehead atoms. The highest BCUT2D eigenvalue weighted by molar-refractivity contribution is 7.17. The largest absolute Gasteiger partial charge is 0.283 e. The quantitative estimate of drug-likeness (QED) is 0.553. The number of hydrogen-bond donors (Lipinski definition) is 1. The van der Waals surface area contributed by atoms with Gasteiger partial charge in [-0.3, -0.25) is 9.78 Å². The van der Waals surface area contributed by atoms with Crippen LogP contribution in [0.15, 0.2) is 47.8 Å². The molecule has 0 unspecified atom stereocenters. The van der Waals surface area contributed by atoms with Gasteiger partial charge in [-0.1, -0.05) is 17.7 Å². The van der Waals surface area contributed by atoms with Crippen molar-refractivity contribution in [2.45, 2.75) is 6.92 Å². The number of nitrogens with one attached hydrogen (secondary N) is 1. The normalized spacial score (nSPS) is 11.0. The number of thiazole rings is 1. The van der Waals surface area contributed by atoms with E-state index in [4.69, 9.17) is 11.6 Å². The number of pyridine rings is 1. The van der Waals surface area contributed by atoms with Crippen LogP contribution in [0, 0.1) is 12.7 Å². The van der Waals surface area contributed by atoms with Crippen molar-refractivity contribution in [1.82, 2.24) is 15.4 Å². The Bertz CT molecular complexity index is 923. The SMILES string of the molecule is Cc1nc(-c2cccnc2)sc1C(=O)N/N=C/c1c(F)cccc1Cl. The highest BCUT2D eigenvalue weighted by Crippen LogP contribution is 2.27. The summed E-state index contributed by atoms with van der Waals surface area (Å²) in [7, 11) is 0. The number of aryl methyl sites for hydroxylation is 1. The highest BCUT2D eigenvalue weighted by Gasteiger charge is 2.16. The lowest BCUT2D eigenvalue weighted by Crippen LogP contribution is -2.17. The molecule has 1 aromatic carbocycles. The molecule has 2 aromatic heterocycles. The molecule has 1 amide bonds. The van der Waals surface area contributed by atoms with Gasteiger partial charge in [0.05, 0.1) is 16.9 Å². The van der Waals surface area contributed by atoms with Gasteiger partial charge in [-0.25, -0.2) is 14.8 Å². The molecule has 5 nitrogen and oxygen atoms in total. The second-order valence-electron chi connectivity index (χ2n) is 5.01. The molecular weight excluding hydrogens is 363 g/mol. The van der Waals surface area contributed by atoms with Crippen LogP contribution >= 0.6 is 22.9 Å². The third-order valence-electron chi connectivity index (χ3n) is 3.27. The van der Waals surface area contributed by atoms with E-state index in [1.807, 2.05) is 6.07 Å². The van der Waals surface area contributed by atoms with Crippen molar-refractivity contribution >= 4 is 35.1 Å². The second kappa shape index (κ2) is 7.50. The first-order valence-electron chi connectivity index (χ1n) is 7.21. The summed E-state index contributed by atoms with van der Waals surface area (Å²) >= 11 is 7.14. The maximum Gasteiger partial charge on any atom is 0.283 e. The van der Waals surface area contributed by atoms with Gasteiger partial charge in [0.1, 0.15) is 15.7 Å². The van der Waals surface area contributed by atoms with Gasteiger partial charge in [0.15, 0.2) is 0 Å². The van der Waals surface area contributed by atoms with Crippen LogP contribution in [0.25, 0.3) is 10.6 Å². The Morgan fingerprint density at radius 2 is 2.20 bits per heavy atom. The van der Waals surface area contributed by atoms with E-state index >= 15 is 0 Å². The van der Waals surface area contributed by atoms with Gasteiger partial charge in [0.2, 0.25) is 0 Å². The summed E-state index contributed by atoms with van der Waals surface area (Å²) < 4.78 is 13.7. The average Bonchev–Trinajstić information content (AvgIpc) is 3.00. The number of hydrazone groups is 1. The van der Waals surface area contributed by atoms with E-state index in [2.05, 4.69) is 20.5 Å². The summed E-state index contributed by atoms with van der Waals surface area (Å²) in [5.41, 5.74) is 3.89. The summed E-state index contributed by atoms with van der Waals surface area (Å²) in [5.74, 6) is -0.938. The number of amides is 1. The fourth-order valence-corrected chi connectivity index (χ4v) is 3.22. The molecule has 126 valence electrons. The van der Waals surface area contributed by atoms with Crippen molar-refractivity contribution in [1.29, 1.82) is 0 Å². The Kier molecular flexibility index (Phi) is 5.16. The monoisotopic (exact) mass is 374 g/mol. The molecule has 0 spiro atoms. The molecule has 0 saturated carbocycles. The van der Waals surface area contributed by atoms with Crippen molar-refractivity contribution in [3.8, 4) is 10.6 Å². The fraction of sp³-hybridized carbons (Fsp3) is 0.0588. The van der Waals surface area contributed by atoms with Crippen molar-refractivity contribution < 1.29 is 9.18 Å². The average molecular weight is 375 g/mol. The number of carbonyl (C=O) groups excluding carboxylic acids is 1. The van der Waals surface area contributed by atoms with E-state index in [-0.39, 0.29) is 10.6 Å². The van der Waals surface area contributed by atoms with Crippen LogP contribution in [0.1, 0.15) is 20.9 Å². The number of nitrogens with zero attached hydrogens (tertiary/aromatic N) is 3. The lowest BCUT2D eigenvalue weighted by atomic mass is 10.2. The van der Waals surface area contributed by atoms with Crippen LogP contribution < -0.4 is 5.43 Å². The Balaban J connectivity index is 1.76. The van der Waals surface area contributed by atoms with Crippen LogP contribution in [-0.4, -0.2) is 22.1 Å². The van der Waals surface area contributed by atoms with Gasteiger partial charge in [-0.05, 0) is 31.2 Å². The molecule has 0 radical (unpaired) electrons. The molecular formula is C17H12ClFN4OS. The minimum absolute atomic E-state index is 0.113. The first-order valence-corrected chi connectivity index (χ1v) is 8.41. The number of carbonyl (C=O) groups is 1. The molecule has 0 aliphatic carbocycles. The maximum absolute atomic E-state index is 13.7. The van der Waals surface area contributed by atoms with Gasteiger partial charge >= 0.3 is 0 Å². The third-order valence-corrected chi connectivity index (χ3v) is 4.81. The summed E-state index contributed by atoms with van der Waals surface area (Å²) in [4.78, 5) is 21.1. The lowest BCUT2D eigenvalue weighted by Gasteiger charge is -2.00. The van der Waals surface area contributed by atoms with Crippen molar-refractivity contribution in [2.24, 2.45) is 5.10 Å². The zero-order valence-corrected chi connectivity index (χ0v) is 14.6. The van der Waals surface area contributed by atoms with Gasteiger partial charge in [0, 0.05) is 23.5 Å². The van der Waals surface area contributed by atoms with E-state index in [0.29, 0.717) is 15.6 Å². The first-order chi connectivity index (χ1) is 12.1. The van der Waals surface area contributed by atoms with Crippen LogP contribution in [0.4, 0.5) is 4.39 Å². The van der Waals surface area contributed by atoms with Crippen LogP contribution in [0.5, 0.6) is 0 Å². The second-order valence-corrected chi connectivity index (χ2v) is 6.42. The molecule has 3 rings (SSSR count). The van der Waals surface area contributed by atoms with E-state index in [1.54, 1.807) is 31.5 Å². The molecule has 2 heterocycles. The molecule has 0 fully saturated rings. The van der Waals surface area contributed by atoms with Crippen LogP contribution in [0.2, 0.25) is 5.02 Å². The summed E-state index contributed by atoms with van der Waals surface area (Å²) in [6.07, 6.45) is 4.52. The van der Waals surface area contributed by atoms with Gasteiger partial charge < -0.3 is 0 Å². The molecule has 8 heteroatoms. The predicted molar refractivity (Wildman–Crippen MR) is 96.6 cm³/mol. The van der Waals surface area contributed by atoms with Gasteiger partial charge in [-0.2, -0.15) is 5.10 Å². The zero-order chi connectivity index (χ0) is 17.8. The third kappa shape index (κ3) is 3.89. The van der Waals surface area contributed by atoms with Crippen molar-refractivity contribution in [2.75, 3.05) is 0 Å². The standard InChI is InChI=1S/C17H12ClFN4OS/c1-10-15(25-17(22-10)11-4-3-7-20-8-11)16(24)23-21-9-12-13(18)5-2-6-14(12)19/h2-9H,1H3,(H,23,24)/b21-9+. The van der Waals surface area contributed by atoms with Crippen LogP contribution in [-0.2, 0) is 0 Å². The smallest absolute Gasteiger partial charge is 0.266 e. The number of benzene rings is 1. The first kappa shape index (κ1) is 17.2. The maximum atomic E-state index is 13.7. The Hall–Kier alpha value is -2.64. The fourth-order valence-electron chi connectivity index (χ4n) is 2.06. The van der Waals surface area contributed by atoms with Gasteiger partial charge in [0.25, 0.3) is 5.91 Å². The highest BCUT2D eigenvalue weighted by atomic mass is 35.5. The van der Waals surface area contributed by atoms with E-state index in [9.17, 15) is 9.18 Å². The van der Waals surface area contributed by atoms with E-state index in [1.165, 1.54) is 29.7 Å². The Labute approximate surface area is 152 Å². The van der Waals surface area contributed by atoms with E-state index in [0.717, 1.165) is 5.56 Å². The number of hydrogen-bond acceptors (Lipinski definition) is 5. The minimum Gasteiger partial charge on any atom is -0.266 e. The number of rotatable bonds is 4. The lowest BCUT2D eigenvalue weighted by molar-refractivity contribution is 0.0958. The number of halogens is 2. The zero-order valence-electron chi connectivity index (χ0n) is 13.0. The Morgan fingerprint density at radius 3 is 2.92 bits per heavy atom. The topological polar surface area (TPSA) is 67.2 Å². The molecule has 0 saturated heterocycles. The van der Waals surface area contributed by atoms with Crippen molar-refractivity contribution in [3.05, 3.63) is 69.7 Å². The predicted octanol–water partition coefficient (Wildman–Crippen LogP) is 4.07. The molecule has 1 N–H and O–H groups in total. The molecule has 3 aromatic rings. The molecule has 0 aliphatic heterocycles. The van der Waals surface area contributed by atoms with Crippen molar-refractivity contribution in [3.63, 3.8) is 0 Å². The van der Waals surface area contributed by atoms with Crippen LogP contribution in [0.3, 0.4) is 0 Å². The van der Waals surface area contributed by atoms with E-state index < -0.39 is 11.7 Å².